The normalized spacial score (nSPS) is 21.7. The molecule has 1 saturated carbocycles. The molecule has 1 aliphatic rings. The van der Waals surface area contributed by atoms with Crippen LogP contribution in [0.1, 0.15) is 71.1 Å². The first kappa shape index (κ1) is 15.8. The van der Waals surface area contributed by atoms with Crippen molar-refractivity contribution in [3.63, 3.8) is 0 Å². The predicted molar refractivity (Wildman–Crippen MR) is 85.1 cm³/mol. The molecule has 1 unspecified atom stereocenters. The quantitative estimate of drug-likeness (QED) is 0.337. The lowest BCUT2D eigenvalue weighted by atomic mass is 10.1. The zero-order valence-corrected chi connectivity index (χ0v) is 13.6. The fourth-order valence-electron chi connectivity index (χ4n) is 2.71. The fraction of sp³-hybridized carbons (Fsp3) is 1.00. The van der Waals surface area contributed by atoms with E-state index in [0.717, 1.165) is 5.92 Å². The third kappa shape index (κ3) is 5.46. The van der Waals surface area contributed by atoms with E-state index in [-0.39, 0.29) is 0 Å². The summed E-state index contributed by atoms with van der Waals surface area (Å²) in [7, 11) is 0. The summed E-state index contributed by atoms with van der Waals surface area (Å²) < 4.78 is 0.626. The summed E-state index contributed by atoms with van der Waals surface area (Å²) in [5.41, 5.74) is 0. The van der Waals surface area contributed by atoms with E-state index in [1.807, 2.05) is 0 Å². The maximum atomic E-state index is 2.29. The molecule has 17 heavy (non-hydrogen) atoms. The van der Waals surface area contributed by atoms with Crippen LogP contribution in [-0.4, -0.2) is 16.6 Å². The maximum absolute atomic E-state index is 2.29. The van der Waals surface area contributed by atoms with Crippen LogP contribution in [0.25, 0.3) is 0 Å². The molecule has 1 atom stereocenters. The molecule has 0 heterocycles. The molecule has 102 valence electrons. The van der Waals surface area contributed by atoms with Gasteiger partial charge in [-0.3, -0.25) is 0 Å². The third-order valence-corrected chi connectivity index (χ3v) is 7.47. The Balaban J connectivity index is 1.86. The molecular formula is C15H30S2. The lowest BCUT2D eigenvalue weighted by Gasteiger charge is -2.10. The first-order chi connectivity index (χ1) is 8.29. The summed E-state index contributed by atoms with van der Waals surface area (Å²) in [6.45, 7) is 2.29. The number of rotatable bonds is 11. The van der Waals surface area contributed by atoms with E-state index in [1.165, 1.54) is 64.2 Å². The van der Waals surface area contributed by atoms with Gasteiger partial charge in [0.15, 0.2) is 0 Å². The zero-order valence-electron chi connectivity index (χ0n) is 12.0. The molecule has 0 radical (unpaired) electrons. The topological polar surface area (TPSA) is 0 Å². The Morgan fingerprint density at radius 3 is 1.88 bits per heavy atom. The monoisotopic (exact) mass is 274 g/mol. The molecule has 0 nitrogen and oxygen atoms in total. The molecule has 1 aliphatic carbocycles. The minimum absolute atomic E-state index is 0.626. The van der Waals surface area contributed by atoms with Crippen LogP contribution >= 0.6 is 23.5 Å². The van der Waals surface area contributed by atoms with Crippen molar-refractivity contribution < 1.29 is 0 Å². The average molecular weight is 275 g/mol. The van der Waals surface area contributed by atoms with Gasteiger partial charge in [0.2, 0.25) is 0 Å². The van der Waals surface area contributed by atoms with E-state index in [2.05, 4.69) is 43.0 Å². The van der Waals surface area contributed by atoms with Gasteiger partial charge in [-0.05, 0) is 31.3 Å². The van der Waals surface area contributed by atoms with E-state index < -0.39 is 0 Å². The van der Waals surface area contributed by atoms with Gasteiger partial charge in [-0.15, -0.1) is 23.5 Å². The van der Waals surface area contributed by atoms with Gasteiger partial charge >= 0.3 is 0 Å². The van der Waals surface area contributed by atoms with Crippen molar-refractivity contribution in [3.8, 4) is 0 Å². The SMILES string of the molecule is CCCCCCCCCCC1CC1(SC)SC. The molecule has 0 spiro atoms. The maximum Gasteiger partial charge on any atom is 0.0637 e. The van der Waals surface area contributed by atoms with Crippen molar-refractivity contribution >= 4 is 23.5 Å². The smallest absolute Gasteiger partial charge is 0.0637 e. The van der Waals surface area contributed by atoms with Crippen LogP contribution in [0, 0.1) is 5.92 Å². The van der Waals surface area contributed by atoms with Crippen LogP contribution in [0.5, 0.6) is 0 Å². The van der Waals surface area contributed by atoms with Gasteiger partial charge in [0.25, 0.3) is 0 Å². The minimum atomic E-state index is 0.626. The van der Waals surface area contributed by atoms with E-state index >= 15 is 0 Å². The molecule has 0 N–H and O–H groups in total. The molecule has 0 aromatic carbocycles. The lowest BCUT2D eigenvalue weighted by molar-refractivity contribution is 0.550. The highest BCUT2D eigenvalue weighted by Gasteiger charge is 2.52. The molecule has 1 rings (SSSR count). The highest BCUT2D eigenvalue weighted by Crippen LogP contribution is 2.62. The van der Waals surface area contributed by atoms with E-state index in [1.54, 1.807) is 0 Å². The first-order valence-electron chi connectivity index (χ1n) is 7.39. The second-order valence-corrected chi connectivity index (χ2v) is 7.92. The van der Waals surface area contributed by atoms with Crippen molar-refractivity contribution in [2.45, 2.75) is 75.2 Å². The summed E-state index contributed by atoms with van der Waals surface area (Å²) in [5.74, 6) is 1.02. The highest BCUT2D eigenvalue weighted by molar-refractivity contribution is 8.18. The summed E-state index contributed by atoms with van der Waals surface area (Å²) in [5, 5.41) is 0. The number of hydrogen-bond donors (Lipinski definition) is 0. The number of thioether (sulfide) groups is 2. The summed E-state index contributed by atoms with van der Waals surface area (Å²) in [4.78, 5) is 0. The molecule has 0 aliphatic heterocycles. The third-order valence-electron chi connectivity index (χ3n) is 4.09. The summed E-state index contributed by atoms with van der Waals surface area (Å²) in [6, 6.07) is 0. The van der Waals surface area contributed by atoms with Gasteiger partial charge in [0, 0.05) is 0 Å². The van der Waals surface area contributed by atoms with Gasteiger partial charge < -0.3 is 0 Å². The van der Waals surface area contributed by atoms with E-state index in [9.17, 15) is 0 Å². The molecule has 0 amide bonds. The van der Waals surface area contributed by atoms with Gasteiger partial charge in [0.1, 0.15) is 0 Å². The second-order valence-electron chi connectivity index (χ2n) is 5.38. The van der Waals surface area contributed by atoms with E-state index in [0.29, 0.717) is 4.08 Å². The van der Waals surface area contributed by atoms with Gasteiger partial charge in [-0.2, -0.15) is 0 Å². The Labute approximate surface area is 117 Å². The van der Waals surface area contributed by atoms with Crippen LogP contribution in [0.2, 0.25) is 0 Å². The number of unbranched alkanes of at least 4 members (excludes halogenated alkanes) is 7. The fourth-order valence-corrected chi connectivity index (χ4v) is 5.02. The predicted octanol–water partition coefficient (Wildman–Crippen LogP) is 5.96. The minimum Gasteiger partial charge on any atom is -0.147 e. The van der Waals surface area contributed by atoms with Crippen molar-refractivity contribution in [2.75, 3.05) is 12.5 Å². The van der Waals surface area contributed by atoms with Crippen molar-refractivity contribution in [1.82, 2.24) is 0 Å². The molecule has 0 aromatic rings. The zero-order chi connectivity index (χ0) is 12.6. The van der Waals surface area contributed by atoms with Crippen LogP contribution < -0.4 is 0 Å². The highest BCUT2D eigenvalue weighted by atomic mass is 32.2. The van der Waals surface area contributed by atoms with Gasteiger partial charge in [-0.1, -0.05) is 58.3 Å². The van der Waals surface area contributed by atoms with Gasteiger partial charge in [-0.25, -0.2) is 0 Å². The van der Waals surface area contributed by atoms with E-state index in [4.69, 9.17) is 0 Å². The molecule has 1 fully saturated rings. The summed E-state index contributed by atoms with van der Waals surface area (Å²) in [6.07, 6.45) is 19.1. The Bertz CT molecular complexity index is 187. The second kappa shape index (κ2) is 8.74. The number of hydrogen-bond acceptors (Lipinski definition) is 2. The molecule has 2 heteroatoms. The van der Waals surface area contributed by atoms with Gasteiger partial charge in [0.05, 0.1) is 4.08 Å². The van der Waals surface area contributed by atoms with Crippen molar-refractivity contribution in [3.05, 3.63) is 0 Å². The van der Waals surface area contributed by atoms with Crippen molar-refractivity contribution in [1.29, 1.82) is 0 Å². The Morgan fingerprint density at radius 2 is 1.41 bits per heavy atom. The first-order valence-corrected chi connectivity index (χ1v) is 9.84. The van der Waals surface area contributed by atoms with Crippen LogP contribution in [0.4, 0.5) is 0 Å². The molecule has 0 aromatic heterocycles. The molecular weight excluding hydrogens is 244 g/mol. The van der Waals surface area contributed by atoms with Crippen molar-refractivity contribution in [2.24, 2.45) is 5.92 Å². The Hall–Kier alpha value is 0.700. The van der Waals surface area contributed by atoms with Crippen LogP contribution in [-0.2, 0) is 0 Å². The Morgan fingerprint density at radius 1 is 0.882 bits per heavy atom. The molecule has 0 saturated heterocycles. The average Bonchev–Trinajstić information content (AvgIpc) is 3.07. The Kier molecular flexibility index (Phi) is 8.10. The molecule has 0 bridgehead atoms. The lowest BCUT2D eigenvalue weighted by Crippen LogP contribution is -1.98. The largest absolute Gasteiger partial charge is 0.147 e. The standard InChI is InChI=1S/C15H30S2/c1-4-5-6-7-8-9-10-11-12-14-13-15(14,16-2)17-3/h14H,4-13H2,1-3H3. The summed E-state index contributed by atoms with van der Waals surface area (Å²) >= 11 is 4.17. The van der Waals surface area contributed by atoms with Crippen LogP contribution in [0.15, 0.2) is 0 Å². The van der Waals surface area contributed by atoms with Crippen LogP contribution in [0.3, 0.4) is 0 Å².